The van der Waals surface area contributed by atoms with Gasteiger partial charge in [0.2, 0.25) is 0 Å². The highest BCUT2D eigenvalue weighted by Crippen LogP contribution is 2.27. The van der Waals surface area contributed by atoms with E-state index in [9.17, 15) is 4.79 Å². The summed E-state index contributed by atoms with van der Waals surface area (Å²) in [7, 11) is 0. The lowest BCUT2D eigenvalue weighted by atomic mass is 10.0. The monoisotopic (exact) mass is 256 g/mol. The van der Waals surface area contributed by atoms with Gasteiger partial charge in [-0.2, -0.15) is 5.10 Å². The van der Waals surface area contributed by atoms with E-state index in [1.807, 2.05) is 23.1 Å². The molecule has 3 heterocycles. The molecule has 2 aromatic rings. The van der Waals surface area contributed by atoms with Crippen LogP contribution < -0.4 is 5.32 Å². The molecule has 0 bridgehead atoms. The van der Waals surface area contributed by atoms with E-state index in [0.29, 0.717) is 11.8 Å². The average molecular weight is 256 g/mol. The third-order valence-electron chi connectivity index (χ3n) is 4.37. The van der Waals surface area contributed by atoms with Gasteiger partial charge in [0.25, 0.3) is 5.91 Å². The van der Waals surface area contributed by atoms with Gasteiger partial charge < -0.3 is 10.2 Å². The van der Waals surface area contributed by atoms with Crippen LogP contribution in [-0.2, 0) is 0 Å². The summed E-state index contributed by atoms with van der Waals surface area (Å²) < 4.78 is 0. The number of nitrogens with zero attached hydrogens (tertiary/aromatic N) is 2. The number of hydrogen-bond acceptors (Lipinski definition) is 3. The van der Waals surface area contributed by atoms with Crippen LogP contribution in [0.25, 0.3) is 10.9 Å². The van der Waals surface area contributed by atoms with Gasteiger partial charge in [-0.05, 0) is 24.0 Å². The van der Waals surface area contributed by atoms with E-state index < -0.39 is 0 Å². The maximum absolute atomic E-state index is 12.5. The van der Waals surface area contributed by atoms with Gasteiger partial charge in [0, 0.05) is 37.1 Å². The molecule has 0 spiro atoms. The van der Waals surface area contributed by atoms with Crippen LogP contribution in [0, 0.1) is 11.8 Å². The van der Waals surface area contributed by atoms with Gasteiger partial charge in [-0.25, -0.2) is 0 Å². The summed E-state index contributed by atoms with van der Waals surface area (Å²) in [5.41, 5.74) is 1.68. The van der Waals surface area contributed by atoms with Crippen LogP contribution in [0.1, 0.15) is 10.4 Å². The molecule has 2 N–H and O–H groups in total. The molecule has 2 atom stereocenters. The number of amides is 1. The minimum absolute atomic E-state index is 0.144. The zero-order valence-electron chi connectivity index (χ0n) is 10.6. The summed E-state index contributed by atoms with van der Waals surface area (Å²) in [4.78, 5) is 14.5. The SMILES string of the molecule is O=C(c1ccc2cn[nH]c2c1)N1CC2CNCC2C1. The number of H-pyrrole nitrogens is 1. The van der Waals surface area contributed by atoms with Crippen molar-refractivity contribution in [1.29, 1.82) is 0 Å². The predicted octanol–water partition coefficient (Wildman–Crippen LogP) is 0.854. The van der Waals surface area contributed by atoms with Crippen molar-refractivity contribution in [2.24, 2.45) is 11.8 Å². The molecule has 5 nitrogen and oxygen atoms in total. The van der Waals surface area contributed by atoms with Gasteiger partial charge in [-0.3, -0.25) is 9.89 Å². The Kier molecular flexibility index (Phi) is 2.35. The number of hydrogen-bond donors (Lipinski definition) is 2. The third-order valence-corrected chi connectivity index (χ3v) is 4.37. The van der Waals surface area contributed by atoms with Gasteiger partial charge in [0.05, 0.1) is 11.7 Å². The molecule has 1 amide bonds. The maximum atomic E-state index is 12.5. The van der Waals surface area contributed by atoms with E-state index in [1.165, 1.54) is 0 Å². The van der Waals surface area contributed by atoms with Gasteiger partial charge in [0.1, 0.15) is 0 Å². The van der Waals surface area contributed by atoms with Crippen LogP contribution >= 0.6 is 0 Å². The summed E-state index contributed by atoms with van der Waals surface area (Å²) in [6.07, 6.45) is 1.77. The molecule has 0 radical (unpaired) electrons. The Morgan fingerprint density at radius 1 is 1.26 bits per heavy atom. The van der Waals surface area contributed by atoms with Crippen LogP contribution in [0.15, 0.2) is 24.4 Å². The Bertz CT molecular complexity index is 623. The topological polar surface area (TPSA) is 61.0 Å². The molecule has 0 aliphatic carbocycles. The van der Waals surface area contributed by atoms with E-state index in [1.54, 1.807) is 6.20 Å². The van der Waals surface area contributed by atoms with Crippen LogP contribution in [-0.4, -0.2) is 47.2 Å². The number of carbonyl (C=O) groups excluding carboxylic acids is 1. The largest absolute Gasteiger partial charge is 0.338 e. The first kappa shape index (κ1) is 11.0. The van der Waals surface area contributed by atoms with Crippen molar-refractivity contribution in [3.8, 4) is 0 Å². The Morgan fingerprint density at radius 3 is 2.84 bits per heavy atom. The molecule has 2 fully saturated rings. The highest BCUT2D eigenvalue weighted by molar-refractivity contribution is 5.97. The molecular formula is C14H16N4O. The number of fused-ring (bicyclic) bond motifs is 2. The van der Waals surface area contributed by atoms with E-state index in [0.717, 1.165) is 42.6 Å². The van der Waals surface area contributed by atoms with Crippen molar-refractivity contribution in [1.82, 2.24) is 20.4 Å². The zero-order chi connectivity index (χ0) is 12.8. The van der Waals surface area contributed by atoms with Crippen LogP contribution in [0.2, 0.25) is 0 Å². The number of likely N-dealkylation sites (tertiary alicyclic amines) is 1. The second kappa shape index (κ2) is 4.06. The van der Waals surface area contributed by atoms with Gasteiger partial charge >= 0.3 is 0 Å². The molecule has 5 heteroatoms. The number of aromatic nitrogens is 2. The third kappa shape index (κ3) is 1.73. The standard InChI is InChI=1S/C14H16N4O/c19-14(18-7-11-4-15-5-12(11)8-18)9-1-2-10-6-16-17-13(10)3-9/h1-3,6,11-12,15H,4-5,7-8H2,(H,16,17). The first-order valence-electron chi connectivity index (χ1n) is 6.74. The lowest BCUT2D eigenvalue weighted by molar-refractivity contribution is 0.0782. The number of benzene rings is 1. The van der Waals surface area contributed by atoms with Crippen molar-refractivity contribution >= 4 is 16.8 Å². The fourth-order valence-corrected chi connectivity index (χ4v) is 3.27. The fourth-order valence-electron chi connectivity index (χ4n) is 3.27. The molecule has 2 aliphatic rings. The molecule has 1 aromatic heterocycles. The number of carbonyl (C=O) groups is 1. The van der Waals surface area contributed by atoms with Crippen molar-refractivity contribution < 1.29 is 4.79 Å². The average Bonchev–Trinajstić information content (AvgIpc) is 3.11. The molecule has 4 rings (SSSR count). The molecular weight excluding hydrogens is 240 g/mol. The first-order valence-corrected chi connectivity index (χ1v) is 6.74. The van der Waals surface area contributed by atoms with Gasteiger partial charge in [-0.15, -0.1) is 0 Å². The molecule has 1 aromatic carbocycles. The summed E-state index contributed by atoms with van der Waals surface area (Å²) >= 11 is 0. The summed E-state index contributed by atoms with van der Waals surface area (Å²) in [5.74, 6) is 1.42. The van der Waals surface area contributed by atoms with Crippen molar-refractivity contribution in [2.75, 3.05) is 26.2 Å². The van der Waals surface area contributed by atoms with Gasteiger partial charge in [-0.1, -0.05) is 6.07 Å². The van der Waals surface area contributed by atoms with Crippen molar-refractivity contribution in [3.63, 3.8) is 0 Å². The summed E-state index contributed by atoms with van der Waals surface area (Å²) in [5, 5.41) is 11.3. The smallest absolute Gasteiger partial charge is 0.253 e. The number of nitrogens with one attached hydrogen (secondary N) is 2. The summed E-state index contributed by atoms with van der Waals surface area (Å²) in [6, 6.07) is 5.74. The lowest BCUT2D eigenvalue weighted by Crippen LogP contribution is -2.31. The minimum atomic E-state index is 0.144. The Balaban J connectivity index is 1.59. The lowest BCUT2D eigenvalue weighted by Gasteiger charge is -2.17. The van der Waals surface area contributed by atoms with Gasteiger partial charge in [0.15, 0.2) is 0 Å². The second-order valence-electron chi connectivity index (χ2n) is 5.56. The summed E-state index contributed by atoms with van der Waals surface area (Å²) in [6.45, 7) is 3.87. The molecule has 2 saturated heterocycles. The van der Waals surface area contributed by atoms with Crippen LogP contribution in [0.3, 0.4) is 0 Å². The van der Waals surface area contributed by atoms with E-state index in [4.69, 9.17) is 0 Å². The Hall–Kier alpha value is -1.88. The number of rotatable bonds is 1. The Labute approximate surface area is 111 Å². The predicted molar refractivity (Wildman–Crippen MR) is 71.8 cm³/mol. The Morgan fingerprint density at radius 2 is 2.05 bits per heavy atom. The quantitative estimate of drug-likeness (QED) is 0.795. The van der Waals surface area contributed by atoms with E-state index in [-0.39, 0.29) is 5.91 Å². The molecule has 2 aliphatic heterocycles. The normalized spacial score (nSPS) is 26.0. The van der Waals surface area contributed by atoms with E-state index >= 15 is 0 Å². The highest BCUT2D eigenvalue weighted by atomic mass is 16.2. The molecule has 19 heavy (non-hydrogen) atoms. The molecule has 2 unspecified atom stereocenters. The number of aromatic amines is 1. The van der Waals surface area contributed by atoms with Crippen molar-refractivity contribution in [3.05, 3.63) is 30.0 Å². The van der Waals surface area contributed by atoms with Crippen molar-refractivity contribution in [2.45, 2.75) is 0 Å². The minimum Gasteiger partial charge on any atom is -0.338 e. The van der Waals surface area contributed by atoms with E-state index in [2.05, 4.69) is 15.5 Å². The second-order valence-corrected chi connectivity index (χ2v) is 5.56. The molecule has 98 valence electrons. The highest BCUT2D eigenvalue weighted by Gasteiger charge is 2.38. The molecule has 0 saturated carbocycles. The first-order chi connectivity index (χ1) is 9.31. The van der Waals surface area contributed by atoms with Crippen LogP contribution in [0.5, 0.6) is 0 Å². The van der Waals surface area contributed by atoms with Crippen LogP contribution in [0.4, 0.5) is 0 Å². The fraction of sp³-hybridized carbons (Fsp3) is 0.429. The zero-order valence-corrected chi connectivity index (χ0v) is 10.6. The maximum Gasteiger partial charge on any atom is 0.253 e.